The van der Waals surface area contributed by atoms with Crippen LogP contribution in [0.3, 0.4) is 0 Å². The van der Waals surface area contributed by atoms with Crippen molar-refractivity contribution in [1.82, 2.24) is 0 Å². The summed E-state index contributed by atoms with van der Waals surface area (Å²) in [5.41, 5.74) is 1.20. The first-order chi connectivity index (χ1) is 12.5. The standard InChI is InChI=1S/C20H12O6/c21-9-13-10-25-17-3-1-11(6-16(17)20(13)24)5-12-7-19(23)26-18-4-2-14(22)8-15(12)18/h1-4,6-10,22H,5H2. The molecule has 0 saturated heterocycles. The molecule has 2 aromatic carbocycles. The SMILES string of the molecule is O=Cc1coc2ccc(Cc3cc(=O)oc4ccc(O)cc34)cc2c1=O. The van der Waals surface area contributed by atoms with Gasteiger partial charge in [-0.2, -0.15) is 0 Å². The van der Waals surface area contributed by atoms with Crippen LogP contribution in [0, 0.1) is 0 Å². The Morgan fingerprint density at radius 1 is 0.962 bits per heavy atom. The van der Waals surface area contributed by atoms with Gasteiger partial charge in [-0.25, -0.2) is 4.79 Å². The fraction of sp³-hybridized carbons (Fsp3) is 0.0500. The zero-order valence-electron chi connectivity index (χ0n) is 13.4. The average Bonchev–Trinajstić information content (AvgIpc) is 2.63. The molecule has 6 nitrogen and oxygen atoms in total. The van der Waals surface area contributed by atoms with Crippen molar-refractivity contribution in [2.45, 2.75) is 6.42 Å². The van der Waals surface area contributed by atoms with Crippen LogP contribution in [0.4, 0.5) is 0 Å². The molecule has 4 aromatic rings. The van der Waals surface area contributed by atoms with Crippen LogP contribution in [0.15, 0.2) is 67.2 Å². The third-order valence-corrected chi connectivity index (χ3v) is 4.20. The number of aldehydes is 1. The van der Waals surface area contributed by atoms with Crippen molar-refractivity contribution in [2.75, 3.05) is 0 Å². The summed E-state index contributed by atoms with van der Waals surface area (Å²) >= 11 is 0. The Hall–Kier alpha value is -3.67. The van der Waals surface area contributed by atoms with Crippen molar-refractivity contribution in [3.63, 3.8) is 0 Å². The first kappa shape index (κ1) is 15.8. The maximum atomic E-state index is 12.3. The summed E-state index contributed by atoms with van der Waals surface area (Å²) in [6.45, 7) is 0. The van der Waals surface area contributed by atoms with Crippen LogP contribution in [0.1, 0.15) is 21.5 Å². The smallest absolute Gasteiger partial charge is 0.336 e. The van der Waals surface area contributed by atoms with E-state index in [2.05, 4.69) is 0 Å². The van der Waals surface area contributed by atoms with Crippen LogP contribution >= 0.6 is 0 Å². The molecular formula is C20H12O6. The maximum Gasteiger partial charge on any atom is 0.336 e. The highest BCUT2D eigenvalue weighted by atomic mass is 16.4. The van der Waals surface area contributed by atoms with Crippen molar-refractivity contribution in [2.24, 2.45) is 0 Å². The molecule has 0 amide bonds. The Labute approximate surface area is 145 Å². The van der Waals surface area contributed by atoms with Gasteiger partial charge in [0.15, 0.2) is 6.29 Å². The Kier molecular flexibility index (Phi) is 3.65. The molecule has 0 spiro atoms. The highest BCUT2D eigenvalue weighted by molar-refractivity contribution is 5.85. The third-order valence-electron chi connectivity index (χ3n) is 4.20. The molecule has 0 atom stereocenters. The predicted molar refractivity (Wildman–Crippen MR) is 94.8 cm³/mol. The molecule has 0 saturated carbocycles. The van der Waals surface area contributed by atoms with E-state index in [1.165, 1.54) is 24.3 Å². The van der Waals surface area contributed by atoms with Gasteiger partial charge in [-0.1, -0.05) is 6.07 Å². The van der Waals surface area contributed by atoms with Gasteiger partial charge >= 0.3 is 5.63 Å². The molecule has 6 heteroatoms. The quantitative estimate of drug-likeness (QED) is 0.451. The second-order valence-corrected chi connectivity index (χ2v) is 5.92. The molecule has 0 bridgehead atoms. The summed E-state index contributed by atoms with van der Waals surface area (Å²) in [6.07, 6.45) is 1.93. The number of fused-ring (bicyclic) bond motifs is 2. The molecule has 0 aliphatic heterocycles. The van der Waals surface area contributed by atoms with Gasteiger partial charge in [0.05, 0.1) is 10.9 Å². The lowest BCUT2D eigenvalue weighted by molar-refractivity contribution is 0.112. The van der Waals surface area contributed by atoms with Gasteiger partial charge in [-0.3, -0.25) is 9.59 Å². The number of hydrogen-bond acceptors (Lipinski definition) is 6. The lowest BCUT2D eigenvalue weighted by Gasteiger charge is -2.07. The second kappa shape index (κ2) is 6.00. The van der Waals surface area contributed by atoms with E-state index in [0.29, 0.717) is 40.2 Å². The number of aromatic hydroxyl groups is 1. The van der Waals surface area contributed by atoms with Crippen molar-refractivity contribution in [3.8, 4) is 5.75 Å². The Balaban J connectivity index is 1.87. The number of rotatable bonds is 3. The molecule has 0 aliphatic rings. The lowest BCUT2D eigenvalue weighted by Crippen LogP contribution is -2.08. The van der Waals surface area contributed by atoms with Gasteiger partial charge in [-0.15, -0.1) is 0 Å². The summed E-state index contributed by atoms with van der Waals surface area (Å²) < 4.78 is 10.4. The molecule has 0 unspecified atom stereocenters. The van der Waals surface area contributed by atoms with Gasteiger partial charge in [-0.05, 0) is 47.9 Å². The number of carbonyl (C=O) groups is 1. The Bertz CT molecular complexity index is 1280. The minimum atomic E-state index is -0.498. The predicted octanol–water partition coefficient (Wildman–Crippen LogP) is 3.01. The monoisotopic (exact) mass is 348 g/mol. The highest BCUT2D eigenvalue weighted by Crippen LogP contribution is 2.25. The number of carbonyl (C=O) groups excluding carboxylic acids is 1. The molecule has 0 fully saturated rings. The molecular weight excluding hydrogens is 336 g/mol. The van der Waals surface area contributed by atoms with Crippen LogP contribution in [0.25, 0.3) is 21.9 Å². The van der Waals surface area contributed by atoms with E-state index in [-0.39, 0.29) is 11.3 Å². The lowest BCUT2D eigenvalue weighted by atomic mass is 10.00. The largest absolute Gasteiger partial charge is 0.508 e. The molecule has 128 valence electrons. The van der Waals surface area contributed by atoms with Crippen LogP contribution in [-0.2, 0) is 6.42 Å². The number of hydrogen-bond donors (Lipinski definition) is 1. The Morgan fingerprint density at radius 3 is 2.58 bits per heavy atom. The number of phenolic OH excluding ortho intramolecular Hbond substituents is 1. The zero-order chi connectivity index (χ0) is 18.3. The van der Waals surface area contributed by atoms with E-state index in [1.807, 2.05) is 0 Å². The minimum absolute atomic E-state index is 0.0506. The summed E-state index contributed by atoms with van der Waals surface area (Å²) in [4.78, 5) is 35.0. The third kappa shape index (κ3) is 2.67. The van der Waals surface area contributed by atoms with Crippen LogP contribution in [0.5, 0.6) is 5.75 Å². The molecule has 0 radical (unpaired) electrons. The molecule has 26 heavy (non-hydrogen) atoms. The molecule has 1 N–H and O–H groups in total. The van der Waals surface area contributed by atoms with Crippen LogP contribution < -0.4 is 11.1 Å². The minimum Gasteiger partial charge on any atom is -0.508 e. The first-order valence-electron chi connectivity index (χ1n) is 7.80. The number of phenols is 1. The normalized spacial score (nSPS) is 11.1. The summed E-state index contributed by atoms with van der Waals surface area (Å²) in [7, 11) is 0. The van der Waals surface area contributed by atoms with E-state index in [0.717, 1.165) is 11.8 Å². The van der Waals surface area contributed by atoms with Gasteiger partial charge in [0.25, 0.3) is 0 Å². The van der Waals surface area contributed by atoms with Gasteiger partial charge < -0.3 is 13.9 Å². The molecule has 4 rings (SSSR count). The van der Waals surface area contributed by atoms with E-state index in [4.69, 9.17) is 8.83 Å². The van der Waals surface area contributed by atoms with E-state index < -0.39 is 11.1 Å². The van der Waals surface area contributed by atoms with Gasteiger partial charge in [0.1, 0.15) is 23.2 Å². The molecule has 2 aromatic heterocycles. The summed E-state index contributed by atoms with van der Waals surface area (Å²) in [5.74, 6) is 0.0578. The van der Waals surface area contributed by atoms with Crippen LogP contribution in [0.2, 0.25) is 0 Å². The fourth-order valence-corrected chi connectivity index (χ4v) is 2.97. The topological polar surface area (TPSA) is 97.7 Å². The Morgan fingerprint density at radius 2 is 1.77 bits per heavy atom. The molecule has 2 heterocycles. The van der Waals surface area contributed by atoms with Gasteiger partial charge in [0, 0.05) is 11.5 Å². The molecule has 0 aliphatic carbocycles. The van der Waals surface area contributed by atoms with Crippen molar-refractivity contribution in [3.05, 3.63) is 86.1 Å². The summed E-state index contributed by atoms with van der Waals surface area (Å²) in [6, 6.07) is 10.9. The van der Waals surface area contributed by atoms with Gasteiger partial charge in [0.2, 0.25) is 5.43 Å². The average molecular weight is 348 g/mol. The van der Waals surface area contributed by atoms with E-state index in [1.54, 1.807) is 18.2 Å². The van der Waals surface area contributed by atoms with E-state index >= 15 is 0 Å². The van der Waals surface area contributed by atoms with Crippen molar-refractivity contribution in [1.29, 1.82) is 0 Å². The fourth-order valence-electron chi connectivity index (χ4n) is 2.97. The summed E-state index contributed by atoms with van der Waals surface area (Å²) in [5, 5.41) is 10.6. The highest BCUT2D eigenvalue weighted by Gasteiger charge is 2.11. The zero-order valence-corrected chi connectivity index (χ0v) is 13.4. The van der Waals surface area contributed by atoms with E-state index in [9.17, 15) is 19.5 Å². The van der Waals surface area contributed by atoms with Crippen molar-refractivity contribution >= 4 is 28.2 Å². The maximum absolute atomic E-state index is 12.3. The van der Waals surface area contributed by atoms with Crippen molar-refractivity contribution < 1.29 is 18.7 Å². The first-order valence-corrected chi connectivity index (χ1v) is 7.80. The second-order valence-electron chi connectivity index (χ2n) is 5.92. The number of benzene rings is 2. The van der Waals surface area contributed by atoms with Crippen LogP contribution in [-0.4, -0.2) is 11.4 Å².